The van der Waals surface area contributed by atoms with Gasteiger partial charge in [0.25, 0.3) is 10.1 Å². The summed E-state index contributed by atoms with van der Waals surface area (Å²) < 4.78 is 27.3. The molecule has 0 amide bonds. The summed E-state index contributed by atoms with van der Waals surface area (Å²) >= 11 is 0. The van der Waals surface area contributed by atoms with Crippen molar-refractivity contribution in [1.82, 2.24) is 0 Å². The Morgan fingerprint density at radius 3 is 2.00 bits per heavy atom. The number of hydrogen-bond donors (Lipinski definition) is 1. The van der Waals surface area contributed by atoms with E-state index in [9.17, 15) is 8.42 Å². The Morgan fingerprint density at radius 2 is 2.00 bits per heavy atom. The van der Waals surface area contributed by atoms with Gasteiger partial charge in [0.05, 0.1) is 5.41 Å². The molecule has 0 aromatic heterocycles. The van der Waals surface area contributed by atoms with Gasteiger partial charge in [-0.05, 0) is 6.92 Å². The molecular formula is C3H8CaO3S. The van der Waals surface area contributed by atoms with Gasteiger partial charge < -0.3 is 2.85 Å². The molecule has 0 saturated heterocycles. The molecule has 0 aliphatic rings. The molecule has 0 atom stereocenters. The van der Waals surface area contributed by atoms with E-state index in [2.05, 4.69) is 0 Å². The zero-order chi connectivity index (χ0) is 5.91. The van der Waals surface area contributed by atoms with Crippen LogP contribution in [0.5, 0.6) is 0 Å². The summed E-state index contributed by atoms with van der Waals surface area (Å²) in [7, 11) is -3.85. The molecule has 5 heteroatoms. The fraction of sp³-hybridized carbons (Fsp3) is 0.333. The van der Waals surface area contributed by atoms with Crippen LogP contribution in [0.15, 0.2) is 11.5 Å². The number of allylic oxidation sites excluding steroid dienone is 1. The second-order valence-electron chi connectivity index (χ2n) is 0.984. The summed E-state index contributed by atoms with van der Waals surface area (Å²) in [4.78, 5) is 0. The van der Waals surface area contributed by atoms with Crippen molar-refractivity contribution in [1.29, 1.82) is 0 Å². The summed E-state index contributed by atoms with van der Waals surface area (Å²) in [6.45, 7) is 1.51. The van der Waals surface area contributed by atoms with Crippen LogP contribution in [0.2, 0.25) is 0 Å². The van der Waals surface area contributed by atoms with E-state index in [4.69, 9.17) is 4.55 Å². The summed E-state index contributed by atoms with van der Waals surface area (Å²) in [5.74, 6) is 0. The minimum Gasteiger partial charge on any atom is -1.00 e. The van der Waals surface area contributed by atoms with E-state index < -0.39 is 10.1 Å². The van der Waals surface area contributed by atoms with Crippen LogP contribution < -0.4 is 0 Å². The summed E-state index contributed by atoms with van der Waals surface area (Å²) in [6, 6.07) is 0. The molecular weight excluding hydrogens is 156 g/mol. The maximum atomic E-state index is 9.70. The molecule has 0 heterocycles. The average Bonchev–Trinajstić information content (AvgIpc) is 1.30. The van der Waals surface area contributed by atoms with E-state index in [1.807, 2.05) is 0 Å². The number of hydrogen-bond acceptors (Lipinski definition) is 2. The van der Waals surface area contributed by atoms with Crippen LogP contribution >= 0.6 is 0 Å². The quantitative estimate of drug-likeness (QED) is 0.446. The van der Waals surface area contributed by atoms with Crippen LogP contribution in [0.4, 0.5) is 0 Å². The predicted molar refractivity (Wildman–Crippen MR) is 34.3 cm³/mol. The van der Waals surface area contributed by atoms with Crippen LogP contribution in [0.3, 0.4) is 0 Å². The summed E-state index contributed by atoms with van der Waals surface area (Å²) in [5, 5.41) is 0.715. The fourth-order valence-corrected chi connectivity index (χ4v) is 0.516. The third-order valence-corrected chi connectivity index (χ3v) is 0.924. The minimum absolute atomic E-state index is 0. The molecule has 0 spiro atoms. The van der Waals surface area contributed by atoms with E-state index in [0.29, 0.717) is 5.41 Å². The molecule has 0 aromatic rings. The van der Waals surface area contributed by atoms with Crippen molar-refractivity contribution in [3.05, 3.63) is 11.5 Å². The van der Waals surface area contributed by atoms with Gasteiger partial charge in [0, 0.05) is 0 Å². The first kappa shape index (κ1) is 11.7. The van der Waals surface area contributed by atoms with E-state index in [1.165, 1.54) is 13.0 Å². The van der Waals surface area contributed by atoms with Crippen molar-refractivity contribution >= 4 is 47.9 Å². The van der Waals surface area contributed by atoms with Crippen molar-refractivity contribution in [2.75, 3.05) is 0 Å². The molecule has 0 aliphatic heterocycles. The van der Waals surface area contributed by atoms with Gasteiger partial charge in [0.15, 0.2) is 0 Å². The van der Waals surface area contributed by atoms with E-state index in [0.717, 1.165) is 0 Å². The van der Waals surface area contributed by atoms with Crippen LogP contribution in [-0.4, -0.2) is 50.7 Å². The predicted octanol–water partition coefficient (Wildman–Crippen LogP) is 0.252. The molecule has 0 radical (unpaired) electrons. The SMILES string of the molecule is CC=CS(=O)(=O)O.[Ca+2].[H-].[H-]. The van der Waals surface area contributed by atoms with Gasteiger partial charge in [-0.25, -0.2) is 0 Å². The molecule has 3 nitrogen and oxygen atoms in total. The third kappa shape index (κ3) is 10.0. The second-order valence-corrected chi connectivity index (χ2v) is 2.29. The molecule has 0 saturated carbocycles. The Balaban J connectivity index is -0.0000000600. The van der Waals surface area contributed by atoms with Crippen molar-refractivity contribution in [3.8, 4) is 0 Å². The monoisotopic (exact) mass is 164 g/mol. The zero-order valence-electron chi connectivity index (χ0n) is 6.53. The molecule has 46 valence electrons. The Labute approximate surface area is 81.5 Å². The zero-order valence-corrected chi connectivity index (χ0v) is 7.56. The summed E-state index contributed by atoms with van der Waals surface area (Å²) in [5.41, 5.74) is 0. The van der Waals surface area contributed by atoms with Gasteiger partial charge in [0.1, 0.15) is 0 Å². The van der Waals surface area contributed by atoms with Gasteiger partial charge >= 0.3 is 37.7 Å². The molecule has 1 N–H and O–H groups in total. The minimum atomic E-state index is -3.85. The van der Waals surface area contributed by atoms with Gasteiger partial charge in [-0.2, -0.15) is 8.42 Å². The largest absolute Gasteiger partial charge is 2.00 e. The van der Waals surface area contributed by atoms with Crippen LogP contribution in [0.1, 0.15) is 9.78 Å². The van der Waals surface area contributed by atoms with Gasteiger partial charge in [-0.3, -0.25) is 4.55 Å². The van der Waals surface area contributed by atoms with Crippen LogP contribution in [-0.2, 0) is 10.1 Å². The normalized spacial score (nSPS) is 11.2. The van der Waals surface area contributed by atoms with Crippen LogP contribution in [0.25, 0.3) is 0 Å². The Morgan fingerprint density at radius 1 is 1.62 bits per heavy atom. The van der Waals surface area contributed by atoms with E-state index in [-0.39, 0.29) is 40.6 Å². The Kier molecular flexibility index (Phi) is 6.94. The fourth-order valence-electron chi connectivity index (χ4n) is 0.172. The Bertz CT molecular complexity index is 165. The standard InChI is InChI=1S/C3H6O3S.Ca.2H/c1-2-3-7(4,5)6;;;/h2-3H,1H3,(H,4,5,6);;;/q;+2;2*-1. The molecule has 0 aliphatic carbocycles. The van der Waals surface area contributed by atoms with Crippen molar-refractivity contribution in [2.24, 2.45) is 0 Å². The van der Waals surface area contributed by atoms with Gasteiger partial charge in [0.2, 0.25) is 0 Å². The third-order valence-electron chi connectivity index (χ3n) is 0.308. The first-order valence-corrected chi connectivity index (χ1v) is 3.17. The number of rotatable bonds is 1. The maximum absolute atomic E-state index is 9.70. The topological polar surface area (TPSA) is 54.4 Å². The molecule has 0 rings (SSSR count). The maximum Gasteiger partial charge on any atom is 2.00 e. The Hall–Kier alpha value is 0.910. The molecule has 0 fully saturated rings. The molecule has 0 unspecified atom stereocenters. The molecule has 0 bridgehead atoms. The van der Waals surface area contributed by atoms with Crippen molar-refractivity contribution in [3.63, 3.8) is 0 Å². The van der Waals surface area contributed by atoms with Gasteiger partial charge in [-0.15, -0.1) is 0 Å². The van der Waals surface area contributed by atoms with E-state index >= 15 is 0 Å². The van der Waals surface area contributed by atoms with Crippen molar-refractivity contribution in [2.45, 2.75) is 6.92 Å². The van der Waals surface area contributed by atoms with Gasteiger partial charge in [-0.1, -0.05) is 6.08 Å². The van der Waals surface area contributed by atoms with Crippen LogP contribution in [0, 0.1) is 0 Å². The van der Waals surface area contributed by atoms with E-state index in [1.54, 1.807) is 0 Å². The molecule has 8 heavy (non-hydrogen) atoms. The smallest absolute Gasteiger partial charge is 1.00 e. The second kappa shape index (κ2) is 4.76. The molecule has 0 aromatic carbocycles. The first-order chi connectivity index (χ1) is 3.06. The van der Waals surface area contributed by atoms with Crippen molar-refractivity contribution < 1.29 is 15.8 Å². The summed E-state index contributed by atoms with van der Waals surface area (Å²) in [6.07, 6.45) is 1.25. The first-order valence-electron chi connectivity index (χ1n) is 1.66. The average molecular weight is 164 g/mol.